The van der Waals surface area contributed by atoms with E-state index in [0.29, 0.717) is 0 Å². The van der Waals surface area contributed by atoms with Gasteiger partial charge in [0.2, 0.25) is 0 Å². The molecule has 360 valence electrons. The Bertz CT molecular complexity index is 4390. The summed E-state index contributed by atoms with van der Waals surface area (Å²) in [6, 6.07) is 84.4. The quantitative estimate of drug-likeness (QED) is 0.140. The van der Waals surface area contributed by atoms with E-state index < -0.39 is 0 Å². The summed E-state index contributed by atoms with van der Waals surface area (Å²) in [7, 11) is 0. The summed E-state index contributed by atoms with van der Waals surface area (Å²) in [5, 5.41) is 14.8. The minimum absolute atomic E-state index is 0.969. The molecule has 0 amide bonds. The zero-order valence-corrected chi connectivity index (χ0v) is 42.4. The van der Waals surface area contributed by atoms with Gasteiger partial charge in [-0.15, -0.1) is 0 Å². The minimum atomic E-state index is 0.969. The summed E-state index contributed by atoms with van der Waals surface area (Å²) in [5.41, 5.74) is 17.9. The van der Waals surface area contributed by atoms with Gasteiger partial charge in [-0.05, 0) is 186 Å². The average molecular weight is 971 g/mol. The second-order valence-corrected chi connectivity index (χ2v) is 20.9. The zero-order valence-electron chi connectivity index (χ0n) is 42.4. The molecule has 0 N–H and O–H groups in total. The molecule has 0 bridgehead atoms. The molecule has 2 nitrogen and oxygen atoms in total. The molecular weight excluding hydrogens is 917 g/mol. The molecule has 0 saturated carbocycles. The van der Waals surface area contributed by atoms with Crippen molar-refractivity contribution >= 4 is 110 Å². The van der Waals surface area contributed by atoms with Crippen LogP contribution in [0.4, 0.5) is 34.1 Å². The normalized spacial score (nSPS) is 14.2. The van der Waals surface area contributed by atoms with Gasteiger partial charge in [-0.2, -0.15) is 0 Å². The Labute approximate surface area is 444 Å². The molecule has 0 heterocycles. The van der Waals surface area contributed by atoms with Crippen molar-refractivity contribution in [2.24, 2.45) is 0 Å². The maximum atomic E-state index is 2.58. The van der Waals surface area contributed by atoms with Crippen LogP contribution in [0.3, 0.4) is 0 Å². The van der Waals surface area contributed by atoms with Crippen LogP contribution in [0.1, 0.15) is 48.8 Å². The first kappa shape index (κ1) is 44.3. The van der Waals surface area contributed by atoms with Crippen molar-refractivity contribution < 1.29 is 0 Å². The lowest BCUT2D eigenvalue weighted by Gasteiger charge is -2.31. The predicted molar refractivity (Wildman–Crippen MR) is 326 cm³/mol. The van der Waals surface area contributed by atoms with E-state index in [2.05, 4.69) is 265 Å². The van der Waals surface area contributed by atoms with Crippen molar-refractivity contribution in [2.45, 2.75) is 38.5 Å². The van der Waals surface area contributed by atoms with Gasteiger partial charge < -0.3 is 9.80 Å². The summed E-state index contributed by atoms with van der Waals surface area (Å²) < 4.78 is 0. The SMILES string of the molecule is C1=CC2=C(C=C(c3c4cc(N(c5cccc6ccccc56)c5cccc6ccccc56)ccc4c(-c4ccc5ccccc5c4)c4cc(N(c5cccc6c5CCC=C6)c5cccc6ccccc56)ccc34)CC2)CC1. The van der Waals surface area contributed by atoms with Gasteiger partial charge in [0.1, 0.15) is 0 Å². The van der Waals surface area contributed by atoms with Crippen molar-refractivity contribution in [3.63, 3.8) is 0 Å². The van der Waals surface area contributed by atoms with Gasteiger partial charge >= 0.3 is 0 Å². The number of anilines is 6. The van der Waals surface area contributed by atoms with Crippen LogP contribution in [0, 0.1) is 0 Å². The van der Waals surface area contributed by atoms with Gasteiger partial charge in [0.05, 0.1) is 17.1 Å². The fraction of sp³-hybridized carbons (Fsp3) is 0.0811. The third-order valence-electron chi connectivity index (χ3n) is 16.6. The summed E-state index contributed by atoms with van der Waals surface area (Å²) in [5.74, 6) is 0. The maximum Gasteiger partial charge on any atom is 0.0540 e. The van der Waals surface area contributed by atoms with E-state index >= 15 is 0 Å². The number of hydrogen-bond acceptors (Lipinski definition) is 2. The second kappa shape index (κ2) is 18.3. The van der Waals surface area contributed by atoms with Crippen LogP contribution >= 0.6 is 0 Å². The lowest BCUT2D eigenvalue weighted by atomic mass is 9.80. The van der Waals surface area contributed by atoms with E-state index in [-0.39, 0.29) is 0 Å². The molecule has 0 unspecified atom stereocenters. The van der Waals surface area contributed by atoms with Crippen LogP contribution in [0.15, 0.2) is 260 Å². The van der Waals surface area contributed by atoms with Crippen LogP contribution < -0.4 is 9.80 Å². The van der Waals surface area contributed by atoms with Crippen molar-refractivity contribution in [3.05, 3.63) is 277 Å². The smallest absolute Gasteiger partial charge is 0.0540 e. The number of allylic oxidation sites excluding steroid dienone is 7. The first-order valence-corrected chi connectivity index (χ1v) is 27.1. The van der Waals surface area contributed by atoms with Crippen molar-refractivity contribution in [1.82, 2.24) is 0 Å². The summed E-state index contributed by atoms with van der Waals surface area (Å²) >= 11 is 0. The molecule has 15 rings (SSSR count). The first-order valence-electron chi connectivity index (χ1n) is 27.1. The topological polar surface area (TPSA) is 6.48 Å². The Kier molecular flexibility index (Phi) is 10.7. The van der Waals surface area contributed by atoms with Gasteiger partial charge in [-0.3, -0.25) is 0 Å². The fourth-order valence-electron chi connectivity index (χ4n) is 13.1. The predicted octanol–water partition coefficient (Wildman–Crippen LogP) is 21.0. The average Bonchev–Trinajstić information content (AvgIpc) is 3.52. The Morgan fingerprint density at radius 3 is 1.47 bits per heavy atom. The molecule has 0 atom stereocenters. The van der Waals surface area contributed by atoms with Crippen LogP contribution in [-0.4, -0.2) is 0 Å². The zero-order chi connectivity index (χ0) is 50.1. The van der Waals surface area contributed by atoms with Gasteiger partial charge in [0, 0.05) is 33.2 Å². The van der Waals surface area contributed by atoms with E-state index in [1.165, 1.54) is 121 Å². The Morgan fingerprint density at radius 1 is 0.303 bits per heavy atom. The minimum Gasteiger partial charge on any atom is -0.310 e. The van der Waals surface area contributed by atoms with Crippen LogP contribution in [0.2, 0.25) is 0 Å². The van der Waals surface area contributed by atoms with Crippen LogP contribution in [0.5, 0.6) is 0 Å². The molecule has 0 fully saturated rings. The van der Waals surface area contributed by atoms with Gasteiger partial charge in [0.15, 0.2) is 0 Å². The third-order valence-corrected chi connectivity index (χ3v) is 16.6. The highest BCUT2D eigenvalue weighted by Gasteiger charge is 2.27. The first-order chi connectivity index (χ1) is 37.7. The summed E-state index contributed by atoms with van der Waals surface area (Å²) in [4.78, 5) is 5.09. The van der Waals surface area contributed by atoms with E-state index in [1.807, 2.05) is 0 Å². The maximum absolute atomic E-state index is 2.58. The van der Waals surface area contributed by atoms with Gasteiger partial charge in [-0.1, -0.05) is 200 Å². The Balaban J connectivity index is 1.07. The third kappa shape index (κ3) is 7.39. The molecule has 0 saturated heterocycles. The number of rotatable bonds is 8. The molecule has 0 radical (unpaired) electrons. The van der Waals surface area contributed by atoms with E-state index in [1.54, 1.807) is 0 Å². The number of hydrogen-bond donors (Lipinski definition) is 0. The van der Waals surface area contributed by atoms with Crippen molar-refractivity contribution in [1.29, 1.82) is 0 Å². The molecular formula is C74H54N2. The molecule has 3 aliphatic carbocycles. The highest BCUT2D eigenvalue weighted by molar-refractivity contribution is 6.21. The Hall–Kier alpha value is -9.24. The van der Waals surface area contributed by atoms with Crippen molar-refractivity contribution in [2.75, 3.05) is 9.80 Å². The monoisotopic (exact) mass is 970 g/mol. The second-order valence-electron chi connectivity index (χ2n) is 20.9. The van der Waals surface area contributed by atoms with Gasteiger partial charge in [0.25, 0.3) is 0 Å². The number of nitrogens with zero attached hydrogens (tertiary/aromatic N) is 2. The standard InChI is InChI=1S/C74H54N2/c1-3-23-55-45-57(39-37-49(55)17-1)73-65-43-41-60(76(71-35-15-27-53-21-7-11-31-63(53)71)72-36-16-28-54-22-8-12-32-64(54)72)48-68(65)74(58-40-38-50-18-2-4-24-56(50)46-58)66-44-42-59(47-67(66)73)75(69-33-13-25-51-19-5-9-29-61(51)69)70-34-14-26-52-20-6-10-30-62(52)70/h1-3,5-9,11-23,25-29,31-37,39,41-48H,4,10,24,30,38,40H2. The molecule has 76 heavy (non-hydrogen) atoms. The molecule has 0 spiro atoms. The molecule has 12 aromatic rings. The molecule has 3 aliphatic rings. The highest BCUT2D eigenvalue weighted by atomic mass is 15.2. The number of fused-ring (bicyclic) bond motifs is 7. The van der Waals surface area contributed by atoms with Crippen LogP contribution in [-0.2, 0) is 6.42 Å². The highest BCUT2D eigenvalue weighted by Crippen LogP contribution is 2.51. The van der Waals surface area contributed by atoms with Crippen LogP contribution in [0.25, 0.3) is 87.4 Å². The summed E-state index contributed by atoms with van der Waals surface area (Å²) in [6.45, 7) is 0. The van der Waals surface area contributed by atoms with E-state index in [0.717, 1.165) is 61.3 Å². The molecule has 12 aromatic carbocycles. The van der Waals surface area contributed by atoms with Crippen molar-refractivity contribution in [3.8, 4) is 11.1 Å². The fourth-order valence-corrected chi connectivity index (χ4v) is 13.1. The number of benzene rings is 12. The molecule has 0 aliphatic heterocycles. The van der Waals surface area contributed by atoms with E-state index in [9.17, 15) is 0 Å². The van der Waals surface area contributed by atoms with E-state index in [4.69, 9.17) is 0 Å². The lowest BCUT2D eigenvalue weighted by molar-refractivity contribution is 0.895. The molecule has 0 aromatic heterocycles. The van der Waals surface area contributed by atoms with Gasteiger partial charge in [-0.25, -0.2) is 0 Å². The Morgan fingerprint density at radius 2 is 0.816 bits per heavy atom. The largest absolute Gasteiger partial charge is 0.310 e. The summed E-state index contributed by atoms with van der Waals surface area (Å²) in [6.07, 6.45) is 18.1. The molecule has 2 heteroatoms. The lowest BCUT2D eigenvalue weighted by Crippen LogP contribution is -2.14.